The van der Waals surface area contributed by atoms with Gasteiger partial charge in [0.05, 0.1) is 24.6 Å². The summed E-state index contributed by atoms with van der Waals surface area (Å²) in [5.41, 5.74) is -0.610. The SMILES string of the molecule is N#Cc1cnc(Oc2ccc(/N=c3\[nH]c(=O)n(CC(=O)O)c(=O)n3Cc3ccc(Cl)cc3)cc2)cn1. The first-order valence-corrected chi connectivity index (χ1v) is 10.6. The van der Waals surface area contributed by atoms with Crippen molar-refractivity contribution in [3.63, 3.8) is 0 Å². The third-order valence-corrected chi connectivity index (χ3v) is 5.02. The zero-order valence-electron chi connectivity index (χ0n) is 18.3. The summed E-state index contributed by atoms with van der Waals surface area (Å²) in [4.78, 5) is 51.3. The van der Waals surface area contributed by atoms with Crippen LogP contribution < -0.4 is 21.7 Å². The van der Waals surface area contributed by atoms with Gasteiger partial charge in [0, 0.05) is 5.02 Å². The maximum absolute atomic E-state index is 13.0. The van der Waals surface area contributed by atoms with Gasteiger partial charge in [0.25, 0.3) is 0 Å². The molecule has 2 aromatic carbocycles. The zero-order valence-corrected chi connectivity index (χ0v) is 19.1. The number of carbonyl (C=O) groups is 1. The average molecular weight is 506 g/mol. The Balaban J connectivity index is 1.71. The highest BCUT2D eigenvalue weighted by Crippen LogP contribution is 2.22. The molecule has 0 saturated carbocycles. The summed E-state index contributed by atoms with van der Waals surface area (Å²) in [5.74, 6) is -0.744. The lowest BCUT2D eigenvalue weighted by Gasteiger charge is -2.10. The van der Waals surface area contributed by atoms with E-state index >= 15 is 0 Å². The number of nitriles is 1. The molecule has 0 atom stereocenters. The first-order chi connectivity index (χ1) is 17.3. The Bertz CT molecular complexity index is 1630. The van der Waals surface area contributed by atoms with Gasteiger partial charge in [-0.1, -0.05) is 23.7 Å². The molecule has 13 heteroatoms. The summed E-state index contributed by atoms with van der Waals surface area (Å²) in [6.45, 7) is -0.802. The van der Waals surface area contributed by atoms with Crippen molar-refractivity contribution < 1.29 is 14.6 Å². The van der Waals surface area contributed by atoms with Crippen LogP contribution in [-0.2, 0) is 17.9 Å². The molecule has 0 radical (unpaired) electrons. The summed E-state index contributed by atoms with van der Waals surface area (Å²) in [6.07, 6.45) is 2.59. The molecule has 4 rings (SSSR count). The van der Waals surface area contributed by atoms with E-state index < -0.39 is 23.9 Å². The fourth-order valence-corrected chi connectivity index (χ4v) is 3.22. The van der Waals surface area contributed by atoms with E-state index in [-0.39, 0.29) is 23.7 Å². The van der Waals surface area contributed by atoms with Crippen LogP contribution in [0.4, 0.5) is 5.69 Å². The van der Waals surface area contributed by atoms with Gasteiger partial charge in [-0.2, -0.15) is 5.26 Å². The van der Waals surface area contributed by atoms with Gasteiger partial charge < -0.3 is 9.84 Å². The number of carboxylic acid groups (broad SMARTS) is 1. The minimum atomic E-state index is -1.34. The van der Waals surface area contributed by atoms with E-state index in [1.807, 2.05) is 6.07 Å². The van der Waals surface area contributed by atoms with Crippen molar-refractivity contribution in [1.29, 1.82) is 5.26 Å². The Hall–Kier alpha value is -5.02. The highest BCUT2D eigenvalue weighted by molar-refractivity contribution is 6.30. The Morgan fingerprint density at radius 1 is 1.08 bits per heavy atom. The number of hydrogen-bond donors (Lipinski definition) is 2. The van der Waals surface area contributed by atoms with Crippen molar-refractivity contribution >= 4 is 23.3 Å². The van der Waals surface area contributed by atoms with Gasteiger partial charge in [-0.25, -0.2) is 29.1 Å². The van der Waals surface area contributed by atoms with Gasteiger partial charge >= 0.3 is 17.3 Å². The quantitative estimate of drug-likeness (QED) is 0.383. The molecule has 0 saturated heterocycles. The Morgan fingerprint density at radius 2 is 1.81 bits per heavy atom. The van der Waals surface area contributed by atoms with Gasteiger partial charge in [0.15, 0.2) is 5.69 Å². The Kier molecular flexibility index (Phi) is 7.03. The smallest absolute Gasteiger partial charge is 0.335 e. The molecule has 2 heterocycles. The fourth-order valence-electron chi connectivity index (χ4n) is 3.09. The van der Waals surface area contributed by atoms with E-state index in [0.717, 1.165) is 4.57 Å². The molecular formula is C23H16ClN7O5. The maximum Gasteiger partial charge on any atom is 0.335 e. The first-order valence-electron chi connectivity index (χ1n) is 10.3. The number of ether oxygens (including phenoxy) is 1. The van der Waals surface area contributed by atoms with Crippen molar-refractivity contribution in [2.24, 2.45) is 4.99 Å². The van der Waals surface area contributed by atoms with Gasteiger partial charge in [-0.3, -0.25) is 14.3 Å². The van der Waals surface area contributed by atoms with E-state index in [1.165, 1.54) is 12.4 Å². The van der Waals surface area contributed by atoms with Crippen LogP contribution >= 0.6 is 11.6 Å². The summed E-state index contributed by atoms with van der Waals surface area (Å²) in [7, 11) is 0. The highest BCUT2D eigenvalue weighted by atomic mass is 35.5. The number of hydrogen-bond acceptors (Lipinski definition) is 8. The topological polar surface area (TPSA) is 168 Å². The average Bonchev–Trinajstić information content (AvgIpc) is 2.87. The molecule has 0 aliphatic heterocycles. The predicted octanol–water partition coefficient (Wildman–Crippen LogP) is 1.81. The molecule has 0 aliphatic rings. The number of aromatic amines is 1. The predicted molar refractivity (Wildman–Crippen MR) is 126 cm³/mol. The Morgan fingerprint density at radius 3 is 2.42 bits per heavy atom. The number of H-pyrrole nitrogens is 1. The number of halogens is 1. The molecule has 4 aromatic rings. The minimum Gasteiger partial charge on any atom is -0.480 e. The molecule has 0 bridgehead atoms. The van der Waals surface area contributed by atoms with E-state index in [9.17, 15) is 14.4 Å². The molecule has 0 aliphatic carbocycles. The third-order valence-electron chi connectivity index (χ3n) is 4.77. The van der Waals surface area contributed by atoms with Crippen molar-refractivity contribution in [1.82, 2.24) is 24.1 Å². The van der Waals surface area contributed by atoms with Crippen molar-refractivity contribution in [2.45, 2.75) is 13.1 Å². The standard InChI is InChI=1S/C23H16ClN7O5/c24-15-3-1-14(2-4-15)12-30-21(29-22(34)31(23(30)35)13-20(32)33)28-16-5-7-18(8-6-16)36-19-11-26-17(9-25)10-27-19/h1-8,10-11H,12-13H2,(H,32,33)(H,28,29,34). The number of aromatic nitrogens is 5. The van der Waals surface area contributed by atoms with Gasteiger partial charge in [-0.05, 0) is 42.0 Å². The number of benzene rings is 2. The fraction of sp³-hybridized carbons (Fsp3) is 0.0870. The van der Waals surface area contributed by atoms with Crippen LogP contribution in [0.2, 0.25) is 5.02 Å². The second-order valence-corrected chi connectivity index (χ2v) is 7.72. The van der Waals surface area contributed by atoms with E-state index in [2.05, 4.69) is 19.9 Å². The maximum atomic E-state index is 13.0. The summed E-state index contributed by atoms with van der Waals surface area (Å²) in [6, 6.07) is 14.9. The molecule has 0 spiro atoms. The summed E-state index contributed by atoms with van der Waals surface area (Å²) < 4.78 is 7.31. The number of carboxylic acids is 1. The highest BCUT2D eigenvalue weighted by Gasteiger charge is 2.12. The molecule has 2 aromatic heterocycles. The number of aliphatic carboxylic acids is 1. The van der Waals surface area contributed by atoms with Crippen molar-refractivity contribution in [3.8, 4) is 17.7 Å². The second-order valence-electron chi connectivity index (χ2n) is 7.29. The second kappa shape index (κ2) is 10.5. The van der Waals surface area contributed by atoms with E-state index in [4.69, 9.17) is 26.7 Å². The van der Waals surface area contributed by atoms with Gasteiger partial charge in [-0.15, -0.1) is 0 Å². The van der Waals surface area contributed by atoms with Crippen LogP contribution in [0.25, 0.3) is 0 Å². The molecule has 36 heavy (non-hydrogen) atoms. The van der Waals surface area contributed by atoms with Gasteiger partial charge in [0.1, 0.15) is 18.4 Å². The van der Waals surface area contributed by atoms with Crippen LogP contribution in [0.5, 0.6) is 11.6 Å². The molecule has 180 valence electrons. The molecule has 12 nitrogen and oxygen atoms in total. The zero-order chi connectivity index (χ0) is 25.7. The van der Waals surface area contributed by atoms with Crippen LogP contribution in [0, 0.1) is 11.3 Å². The Labute approximate surface area is 207 Å². The van der Waals surface area contributed by atoms with Crippen molar-refractivity contribution in [2.75, 3.05) is 0 Å². The van der Waals surface area contributed by atoms with Crippen LogP contribution in [0.3, 0.4) is 0 Å². The van der Waals surface area contributed by atoms with E-state index in [1.54, 1.807) is 48.5 Å². The van der Waals surface area contributed by atoms with E-state index in [0.29, 0.717) is 26.6 Å². The van der Waals surface area contributed by atoms with Gasteiger partial charge in [0.2, 0.25) is 11.5 Å². The normalized spacial score (nSPS) is 11.2. The van der Waals surface area contributed by atoms with Crippen LogP contribution in [-0.4, -0.2) is 35.2 Å². The molecule has 0 amide bonds. The minimum absolute atomic E-state index is 0.00376. The lowest BCUT2D eigenvalue weighted by molar-refractivity contribution is -0.137. The first kappa shape index (κ1) is 24.1. The lowest BCUT2D eigenvalue weighted by Crippen LogP contribution is -2.50. The summed E-state index contributed by atoms with van der Waals surface area (Å²) >= 11 is 5.93. The summed E-state index contributed by atoms with van der Waals surface area (Å²) in [5, 5.41) is 18.4. The number of nitrogens with one attached hydrogen (secondary N) is 1. The molecule has 0 unspecified atom stereocenters. The third kappa shape index (κ3) is 5.72. The van der Waals surface area contributed by atoms with Crippen molar-refractivity contribution in [3.05, 3.63) is 104 Å². The lowest BCUT2D eigenvalue weighted by atomic mass is 10.2. The van der Waals surface area contributed by atoms with Crippen LogP contribution in [0.1, 0.15) is 11.3 Å². The molecular weight excluding hydrogens is 490 g/mol. The van der Waals surface area contributed by atoms with Crippen LogP contribution in [0.15, 0.2) is 75.5 Å². The monoisotopic (exact) mass is 505 g/mol. The number of rotatable bonds is 7. The molecule has 0 fully saturated rings. The largest absolute Gasteiger partial charge is 0.480 e. The molecule has 2 N–H and O–H groups in total. The number of nitrogens with zero attached hydrogens (tertiary/aromatic N) is 6.